The highest BCUT2D eigenvalue weighted by Crippen LogP contribution is 2.27. The van der Waals surface area contributed by atoms with Gasteiger partial charge >= 0.3 is 0 Å². The molecule has 0 radical (unpaired) electrons. The standard InChI is InChI=1S/C26H24N2O5S/c1-3-19-10-12-20(13-11-19)28(34(32,33)21-14-8-18(2)9-15-21)24(29)16-17-27-25(30)22-6-4-5-7-23(22)26(27)31/h4-15H,3,16-17H2,1-2H3. The number of sulfonamides is 1. The van der Waals surface area contributed by atoms with Crippen LogP contribution < -0.4 is 4.31 Å². The highest BCUT2D eigenvalue weighted by molar-refractivity contribution is 7.93. The Bertz CT molecular complexity index is 1330. The molecule has 0 spiro atoms. The van der Waals surface area contributed by atoms with E-state index in [-0.39, 0.29) is 34.7 Å². The van der Waals surface area contributed by atoms with E-state index in [1.807, 2.05) is 13.8 Å². The van der Waals surface area contributed by atoms with Crippen molar-refractivity contribution in [3.63, 3.8) is 0 Å². The van der Waals surface area contributed by atoms with Crippen LogP contribution >= 0.6 is 0 Å². The third-order valence-electron chi connectivity index (χ3n) is 5.79. The lowest BCUT2D eigenvalue weighted by Crippen LogP contribution is -2.40. The predicted molar refractivity (Wildman–Crippen MR) is 128 cm³/mol. The Labute approximate surface area is 198 Å². The van der Waals surface area contributed by atoms with Crippen LogP contribution in [0.25, 0.3) is 0 Å². The molecule has 0 aliphatic carbocycles. The molecule has 0 saturated carbocycles. The molecule has 1 aliphatic heterocycles. The van der Waals surface area contributed by atoms with Crippen molar-refractivity contribution < 1.29 is 22.8 Å². The number of hydrogen-bond donors (Lipinski definition) is 0. The molecule has 3 aromatic carbocycles. The zero-order valence-corrected chi connectivity index (χ0v) is 19.7. The maximum atomic E-state index is 13.5. The lowest BCUT2D eigenvalue weighted by atomic mass is 10.1. The second-order valence-electron chi connectivity index (χ2n) is 8.05. The minimum absolute atomic E-state index is 0.0215. The smallest absolute Gasteiger partial charge is 0.270 e. The van der Waals surface area contributed by atoms with E-state index in [4.69, 9.17) is 0 Å². The number of fused-ring (bicyclic) bond motifs is 1. The highest BCUT2D eigenvalue weighted by atomic mass is 32.2. The molecular weight excluding hydrogens is 452 g/mol. The lowest BCUT2D eigenvalue weighted by Gasteiger charge is -2.24. The average molecular weight is 477 g/mol. The van der Waals surface area contributed by atoms with Crippen molar-refractivity contribution in [2.75, 3.05) is 10.8 Å². The highest BCUT2D eigenvalue weighted by Gasteiger charge is 2.37. The van der Waals surface area contributed by atoms with Crippen molar-refractivity contribution in [2.24, 2.45) is 0 Å². The first-order valence-electron chi connectivity index (χ1n) is 10.9. The molecule has 0 bridgehead atoms. The summed E-state index contributed by atoms with van der Waals surface area (Å²) in [4.78, 5) is 39.6. The van der Waals surface area contributed by atoms with Crippen LogP contribution in [0.15, 0.2) is 77.7 Å². The van der Waals surface area contributed by atoms with Crippen LogP contribution in [-0.2, 0) is 21.2 Å². The summed E-state index contributed by atoms with van der Waals surface area (Å²) >= 11 is 0. The molecular formula is C26H24N2O5S. The Morgan fingerprint density at radius 1 is 0.853 bits per heavy atom. The molecule has 0 N–H and O–H groups in total. The van der Waals surface area contributed by atoms with Crippen LogP contribution in [0, 0.1) is 6.92 Å². The third kappa shape index (κ3) is 4.24. The fourth-order valence-electron chi connectivity index (χ4n) is 3.85. The molecule has 3 amide bonds. The SMILES string of the molecule is CCc1ccc(N(C(=O)CCN2C(=O)c3ccccc3C2=O)S(=O)(=O)c2ccc(C)cc2)cc1. The Kier molecular flexibility index (Phi) is 6.34. The maximum absolute atomic E-state index is 13.5. The monoisotopic (exact) mass is 476 g/mol. The number of imide groups is 1. The van der Waals surface area contributed by atoms with Crippen LogP contribution in [0.1, 0.15) is 45.2 Å². The Hall–Kier alpha value is -3.78. The molecule has 3 aromatic rings. The fourth-order valence-corrected chi connectivity index (χ4v) is 5.30. The van der Waals surface area contributed by atoms with Gasteiger partial charge in [-0.05, 0) is 55.3 Å². The largest absolute Gasteiger partial charge is 0.274 e. The van der Waals surface area contributed by atoms with E-state index in [1.165, 1.54) is 12.1 Å². The van der Waals surface area contributed by atoms with Gasteiger partial charge in [0.2, 0.25) is 5.91 Å². The van der Waals surface area contributed by atoms with Crippen LogP contribution in [0.4, 0.5) is 5.69 Å². The predicted octanol–water partition coefficient (Wildman–Crippen LogP) is 3.97. The van der Waals surface area contributed by atoms with Crippen molar-refractivity contribution in [3.8, 4) is 0 Å². The summed E-state index contributed by atoms with van der Waals surface area (Å²) in [5.74, 6) is -1.72. The molecule has 8 heteroatoms. The normalized spacial score (nSPS) is 13.2. The van der Waals surface area contributed by atoms with Gasteiger partial charge < -0.3 is 0 Å². The molecule has 0 fully saturated rings. The van der Waals surface area contributed by atoms with E-state index in [0.29, 0.717) is 0 Å². The van der Waals surface area contributed by atoms with Crippen LogP contribution in [0.5, 0.6) is 0 Å². The molecule has 7 nitrogen and oxygen atoms in total. The minimum atomic E-state index is -4.22. The lowest BCUT2D eigenvalue weighted by molar-refractivity contribution is -0.117. The van der Waals surface area contributed by atoms with Crippen molar-refractivity contribution in [1.29, 1.82) is 0 Å². The van der Waals surface area contributed by atoms with Crippen molar-refractivity contribution in [3.05, 3.63) is 95.1 Å². The number of aryl methyl sites for hydroxylation is 2. The summed E-state index contributed by atoms with van der Waals surface area (Å²) in [6.45, 7) is 3.59. The van der Waals surface area contributed by atoms with Gasteiger partial charge in [-0.1, -0.05) is 48.9 Å². The summed E-state index contributed by atoms with van der Waals surface area (Å²) in [6.07, 6.45) is 0.421. The minimum Gasteiger partial charge on any atom is -0.274 e. The molecule has 34 heavy (non-hydrogen) atoms. The van der Waals surface area contributed by atoms with E-state index in [9.17, 15) is 22.8 Å². The number of anilines is 1. The summed E-state index contributed by atoms with van der Waals surface area (Å²) in [5.41, 5.74) is 2.63. The first-order chi connectivity index (χ1) is 16.2. The van der Waals surface area contributed by atoms with E-state index < -0.39 is 27.7 Å². The number of amides is 3. The van der Waals surface area contributed by atoms with Gasteiger partial charge in [-0.25, -0.2) is 12.7 Å². The second kappa shape index (κ2) is 9.23. The zero-order valence-electron chi connectivity index (χ0n) is 18.9. The number of rotatable bonds is 7. The van der Waals surface area contributed by atoms with E-state index in [0.717, 1.165) is 26.8 Å². The molecule has 1 heterocycles. The van der Waals surface area contributed by atoms with Gasteiger partial charge in [0.05, 0.1) is 21.7 Å². The Balaban J connectivity index is 1.64. The first-order valence-corrected chi connectivity index (χ1v) is 12.4. The van der Waals surface area contributed by atoms with Gasteiger partial charge in [0.15, 0.2) is 0 Å². The van der Waals surface area contributed by atoms with E-state index >= 15 is 0 Å². The van der Waals surface area contributed by atoms with Gasteiger partial charge in [0, 0.05) is 13.0 Å². The van der Waals surface area contributed by atoms with Crippen molar-refractivity contribution in [2.45, 2.75) is 31.6 Å². The third-order valence-corrected chi connectivity index (χ3v) is 7.56. The molecule has 0 saturated heterocycles. The number of hydrogen-bond acceptors (Lipinski definition) is 5. The van der Waals surface area contributed by atoms with Gasteiger partial charge in [0.1, 0.15) is 0 Å². The van der Waals surface area contributed by atoms with Crippen LogP contribution in [0.3, 0.4) is 0 Å². The van der Waals surface area contributed by atoms with Gasteiger partial charge in [-0.2, -0.15) is 0 Å². The topological polar surface area (TPSA) is 91.8 Å². The Morgan fingerprint density at radius 3 is 1.94 bits per heavy atom. The van der Waals surface area contributed by atoms with Gasteiger partial charge in [0.25, 0.3) is 21.8 Å². The molecule has 0 atom stereocenters. The van der Waals surface area contributed by atoms with Crippen molar-refractivity contribution in [1.82, 2.24) is 4.90 Å². The van der Waals surface area contributed by atoms with Crippen molar-refractivity contribution >= 4 is 33.4 Å². The first kappa shape index (κ1) is 23.4. The quantitative estimate of drug-likeness (QED) is 0.481. The number of carbonyl (C=O) groups excluding carboxylic acids is 3. The van der Waals surface area contributed by atoms with Crippen LogP contribution in [-0.4, -0.2) is 37.6 Å². The zero-order chi connectivity index (χ0) is 24.5. The van der Waals surface area contributed by atoms with Crippen LogP contribution in [0.2, 0.25) is 0 Å². The average Bonchev–Trinajstić information content (AvgIpc) is 3.08. The fraction of sp³-hybridized carbons (Fsp3) is 0.192. The number of carbonyl (C=O) groups is 3. The summed E-state index contributed by atoms with van der Waals surface area (Å²) < 4.78 is 27.8. The van der Waals surface area contributed by atoms with E-state index in [2.05, 4.69) is 0 Å². The summed E-state index contributed by atoms with van der Waals surface area (Å²) in [6, 6.07) is 19.4. The van der Waals surface area contributed by atoms with E-state index in [1.54, 1.807) is 60.7 Å². The second-order valence-corrected chi connectivity index (χ2v) is 9.84. The van der Waals surface area contributed by atoms with Gasteiger partial charge in [-0.3, -0.25) is 19.3 Å². The number of nitrogens with zero attached hydrogens (tertiary/aromatic N) is 2. The summed E-state index contributed by atoms with van der Waals surface area (Å²) in [5, 5.41) is 0. The van der Waals surface area contributed by atoms with Gasteiger partial charge in [-0.15, -0.1) is 0 Å². The number of benzene rings is 3. The maximum Gasteiger partial charge on any atom is 0.270 e. The molecule has 0 aromatic heterocycles. The molecule has 174 valence electrons. The molecule has 0 unspecified atom stereocenters. The molecule has 4 rings (SSSR count). The summed E-state index contributed by atoms with van der Waals surface area (Å²) in [7, 11) is -4.22. The Morgan fingerprint density at radius 2 is 1.41 bits per heavy atom. The molecule has 1 aliphatic rings.